The number of fused-ring (bicyclic) bond motifs is 1. The molecular formula is C18H21N7O. The molecule has 8 nitrogen and oxygen atoms in total. The second kappa shape index (κ2) is 6.72. The molecule has 26 heavy (non-hydrogen) atoms. The van der Waals surface area contributed by atoms with Gasteiger partial charge in [-0.05, 0) is 17.7 Å². The first-order valence-corrected chi connectivity index (χ1v) is 8.60. The summed E-state index contributed by atoms with van der Waals surface area (Å²) in [6.07, 6.45) is 3.43. The summed E-state index contributed by atoms with van der Waals surface area (Å²) in [5.74, 6) is 0.560. The Morgan fingerprint density at radius 2 is 1.85 bits per heavy atom. The molecule has 0 radical (unpaired) electrons. The molecule has 1 aliphatic heterocycles. The van der Waals surface area contributed by atoms with Crippen LogP contribution in [0.2, 0.25) is 0 Å². The van der Waals surface area contributed by atoms with Crippen LogP contribution in [0.1, 0.15) is 15.9 Å². The Morgan fingerprint density at radius 1 is 1.12 bits per heavy atom. The number of primary amides is 1. The maximum atomic E-state index is 11.2. The molecule has 1 fully saturated rings. The summed E-state index contributed by atoms with van der Waals surface area (Å²) < 4.78 is 1.77. The van der Waals surface area contributed by atoms with Gasteiger partial charge >= 0.3 is 0 Å². The van der Waals surface area contributed by atoms with E-state index in [0.717, 1.165) is 49.6 Å². The van der Waals surface area contributed by atoms with Crippen LogP contribution < -0.4 is 10.6 Å². The summed E-state index contributed by atoms with van der Waals surface area (Å²) in [6, 6.07) is 7.51. The third kappa shape index (κ3) is 3.11. The van der Waals surface area contributed by atoms with Crippen LogP contribution in [0, 0.1) is 0 Å². The van der Waals surface area contributed by atoms with E-state index in [1.165, 1.54) is 5.56 Å². The van der Waals surface area contributed by atoms with E-state index in [4.69, 9.17) is 5.73 Å². The molecule has 0 saturated carbocycles. The monoisotopic (exact) mass is 351 g/mol. The van der Waals surface area contributed by atoms with Gasteiger partial charge in [0.25, 0.3) is 0 Å². The van der Waals surface area contributed by atoms with E-state index in [1.54, 1.807) is 23.1 Å². The lowest BCUT2D eigenvalue weighted by molar-refractivity contribution is 0.100. The van der Waals surface area contributed by atoms with Crippen molar-refractivity contribution in [2.75, 3.05) is 31.1 Å². The highest BCUT2D eigenvalue weighted by Crippen LogP contribution is 2.23. The lowest BCUT2D eigenvalue weighted by Crippen LogP contribution is -2.46. The molecule has 0 atom stereocenters. The van der Waals surface area contributed by atoms with Gasteiger partial charge in [-0.3, -0.25) is 14.4 Å². The lowest BCUT2D eigenvalue weighted by atomic mass is 10.1. The summed E-state index contributed by atoms with van der Waals surface area (Å²) in [5.41, 5.74) is 7.87. The molecule has 2 aromatic heterocycles. The fraction of sp³-hybridized carbons (Fsp3) is 0.333. The Bertz CT molecular complexity index is 926. The maximum Gasteiger partial charge on any atom is 0.248 e. The van der Waals surface area contributed by atoms with Gasteiger partial charge in [-0.15, -0.1) is 0 Å². The van der Waals surface area contributed by atoms with Crippen molar-refractivity contribution in [3.05, 3.63) is 47.9 Å². The number of aryl methyl sites for hydroxylation is 1. The van der Waals surface area contributed by atoms with E-state index in [2.05, 4.69) is 24.9 Å². The molecule has 1 amide bonds. The molecule has 134 valence electrons. The number of hydrogen-bond acceptors (Lipinski definition) is 6. The van der Waals surface area contributed by atoms with Crippen LogP contribution in [0.4, 0.5) is 5.82 Å². The van der Waals surface area contributed by atoms with E-state index >= 15 is 0 Å². The number of anilines is 1. The summed E-state index contributed by atoms with van der Waals surface area (Å²) in [5, 5.41) is 5.28. The third-order valence-corrected chi connectivity index (χ3v) is 4.82. The van der Waals surface area contributed by atoms with Gasteiger partial charge in [0.15, 0.2) is 5.65 Å². The Morgan fingerprint density at radius 3 is 2.54 bits per heavy atom. The summed E-state index contributed by atoms with van der Waals surface area (Å²) >= 11 is 0. The van der Waals surface area contributed by atoms with Gasteiger partial charge in [0.1, 0.15) is 12.1 Å². The highest BCUT2D eigenvalue weighted by Gasteiger charge is 2.21. The number of carbonyl (C=O) groups is 1. The second-order valence-corrected chi connectivity index (χ2v) is 6.53. The minimum atomic E-state index is -0.392. The van der Waals surface area contributed by atoms with E-state index in [0.29, 0.717) is 5.56 Å². The Labute approximate surface area is 151 Å². The minimum absolute atomic E-state index is 0.392. The predicted molar refractivity (Wildman–Crippen MR) is 98.8 cm³/mol. The number of benzene rings is 1. The van der Waals surface area contributed by atoms with Crippen molar-refractivity contribution >= 4 is 22.8 Å². The fourth-order valence-corrected chi connectivity index (χ4v) is 3.35. The van der Waals surface area contributed by atoms with E-state index < -0.39 is 5.91 Å². The fourth-order valence-electron chi connectivity index (χ4n) is 3.35. The van der Waals surface area contributed by atoms with Crippen LogP contribution in [-0.2, 0) is 13.6 Å². The van der Waals surface area contributed by atoms with Crippen molar-refractivity contribution in [3.63, 3.8) is 0 Å². The highest BCUT2D eigenvalue weighted by atomic mass is 16.1. The number of amides is 1. The molecule has 1 aliphatic rings. The average Bonchev–Trinajstić information content (AvgIpc) is 3.04. The first kappa shape index (κ1) is 16.5. The van der Waals surface area contributed by atoms with Crippen LogP contribution in [-0.4, -0.2) is 56.7 Å². The van der Waals surface area contributed by atoms with Crippen molar-refractivity contribution < 1.29 is 4.79 Å². The number of piperazine rings is 1. The van der Waals surface area contributed by atoms with E-state index in [9.17, 15) is 4.79 Å². The first-order chi connectivity index (χ1) is 12.6. The van der Waals surface area contributed by atoms with Gasteiger partial charge in [-0.25, -0.2) is 9.97 Å². The Balaban J connectivity index is 1.41. The normalized spacial score (nSPS) is 15.5. The van der Waals surface area contributed by atoms with Crippen molar-refractivity contribution in [2.45, 2.75) is 6.54 Å². The summed E-state index contributed by atoms with van der Waals surface area (Å²) in [6.45, 7) is 4.56. The molecule has 2 N–H and O–H groups in total. The van der Waals surface area contributed by atoms with Crippen LogP contribution >= 0.6 is 0 Å². The number of hydrogen-bond donors (Lipinski definition) is 1. The van der Waals surface area contributed by atoms with Crippen molar-refractivity contribution in [1.82, 2.24) is 24.6 Å². The van der Waals surface area contributed by atoms with Crippen LogP contribution in [0.5, 0.6) is 0 Å². The molecule has 0 aliphatic carbocycles. The minimum Gasteiger partial charge on any atom is -0.366 e. The molecular weight excluding hydrogens is 330 g/mol. The van der Waals surface area contributed by atoms with Gasteiger partial charge in [0.05, 0.1) is 11.6 Å². The molecule has 4 rings (SSSR count). The Kier molecular flexibility index (Phi) is 4.26. The zero-order valence-electron chi connectivity index (χ0n) is 14.7. The average molecular weight is 351 g/mol. The number of aromatic nitrogens is 4. The van der Waals surface area contributed by atoms with Crippen LogP contribution in [0.15, 0.2) is 36.8 Å². The third-order valence-electron chi connectivity index (χ3n) is 4.82. The van der Waals surface area contributed by atoms with Gasteiger partial charge in [0.2, 0.25) is 5.91 Å². The van der Waals surface area contributed by atoms with Crippen molar-refractivity contribution in [3.8, 4) is 0 Å². The molecule has 1 aromatic carbocycles. The van der Waals surface area contributed by atoms with Crippen molar-refractivity contribution in [2.24, 2.45) is 12.8 Å². The highest BCUT2D eigenvalue weighted by molar-refractivity contribution is 5.92. The quantitative estimate of drug-likeness (QED) is 0.747. The molecule has 3 aromatic rings. The maximum absolute atomic E-state index is 11.2. The van der Waals surface area contributed by atoms with Gasteiger partial charge in [-0.2, -0.15) is 5.10 Å². The molecule has 0 bridgehead atoms. The van der Waals surface area contributed by atoms with Crippen LogP contribution in [0.3, 0.4) is 0 Å². The van der Waals surface area contributed by atoms with Gasteiger partial charge in [-0.1, -0.05) is 12.1 Å². The van der Waals surface area contributed by atoms with E-state index in [1.807, 2.05) is 25.4 Å². The number of carbonyl (C=O) groups excluding carboxylic acids is 1. The Hall–Kier alpha value is -3.00. The largest absolute Gasteiger partial charge is 0.366 e. The molecule has 8 heteroatoms. The SMILES string of the molecule is Cn1ncc2c(N3CCN(Cc4ccc(C(N)=O)cc4)CC3)ncnc21. The molecule has 0 spiro atoms. The summed E-state index contributed by atoms with van der Waals surface area (Å²) in [7, 11) is 1.89. The number of nitrogens with zero attached hydrogens (tertiary/aromatic N) is 6. The standard InChI is InChI=1S/C18H21N7O/c1-23-17-15(10-22-23)18(21-12-20-17)25-8-6-24(7-9-25)11-13-2-4-14(5-3-13)16(19)26/h2-5,10,12H,6-9,11H2,1H3,(H2,19,26). The molecule has 1 saturated heterocycles. The van der Waals surface area contributed by atoms with Crippen molar-refractivity contribution in [1.29, 1.82) is 0 Å². The van der Waals surface area contributed by atoms with Gasteiger partial charge in [0, 0.05) is 45.3 Å². The molecule has 3 heterocycles. The summed E-state index contributed by atoms with van der Waals surface area (Å²) in [4.78, 5) is 24.6. The number of nitrogens with two attached hydrogens (primary N) is 1. The zero-order chi connectivity index (χ0) is 18.1. The van der Waals surface area contributed by atoms with E-state index in [-0.39, 0.29) is 0 Å². The first-order valence-electron chi connectivity index (χ1n) is 8.60. The molecule has 0 unspecified atom stereocenters. The van der Waals surface area contributed by atoms with Crippen LogP contribution in [0.25, 0.3) is 11.0 Å². The smallest absolute Gasteiger partial charge is 0.248 e. The van der Waals surface area contributed by atoms with Gasteiger partial charge < -0.3 is 10.6 Å². The topological polar surface area (TPSA) is 93.2 Å². The zero-order valence-corrected chi connectivity index (χ0v) is 14.7. The lowest BCUT2D eigenvalue weighted by Gasteiger charge is -2.35. The predicted octanol–water partition coefficient (Wildman–Crippen LogP) is 0.784. The number of rotatable bonds is 4. The second-order valence-electron chi connectivity index (χ2n) is 6.53.